The van der Waals surface area contributed by atoms with Gasteiger partial charge in [-0.15, -0.1) is 0 Å². The number of hydrogen-bond acceptors (Lipinski definition) is 2. The first-order valence-electron chi connectivity index (χ1n) is 9.39. The molecule has 0 fully saturated rings. The predicted molar refractivity (Wildman–Crippen MR) is 110 cm³/mol. The van der Waals surface area contributed by atoms with Crippen LogP contribution in [0.15, 0.2) is 42.5 Å². The Morgan fingerprint density at radius 3 is 2.07 bits per heavy atom. The van der Waals surface area contributed by atoms with Crippen molar-refractivity contribution in [3.8, 4) is 5.75 Å². The summed E-state index contributed by atoms with van der Waals surface area (Å²) in [6.45, 7) is 9.05. The second-order valence-electron chi connectivity index (χ2n) is 8.64. The molecule has 27 heavy (non-hydrogen) atoms. The third kappa shape index (κ3) is 3.64. The van der Waals surface area contributed by atoms with Gasteiger partial charge in [-0.1, -0.05) is 58.0 Å². The molecule has 142 valence electrons. The fourth-order valence-electron chi connectivity index (χ4n) is 3.94. The Kier molecular flexibility index (Phi) is 4.90. The van der Waals surface area contributed by atoms with Crippen molar-refractivity contribution < 1.29 is 14.6 Å². The van der Waals surface area contributed by atoms with E-state index in [1.165, 1.54) is 11.1 Å². The molecule has 0 bridgehead atoms. The zero-order chi connectivity index (χ0) is 19.8. The molecule has 1 aliphatic rings. The van der Waals surface area contributed by atoms with Gasteiger partial charge < -0.3 is 9.84 Å². The molecule has 0 atom stereocenters. The molecular formula is C24H28O3. The first-order chi connectivity index (χ1) is 12.7. The van der Waals surface area contributed by atoms with Crippen LogP contribution < -0.4 is 4.74 Å². The van der Waals surface area contributed by atoms with Gasteiger partial charge in [0.25, 0.3) is 0 Å². The van der Waals surface area contributed by atoms with E-state index in [-0.39, 0.29) is 16.4 Å². The Morgan fingerprint density at radius 1 is 1.00 bits per heavy atom. The molecule has 0 radical (unpaired) electrons. The minimum Gasteiger partial charge on any atom is -0.496 e. The van der Waals surface area contributed by atoms with Gasteiger partial charge in [0.2, 0.25) is 0 Å². The standard InChI is InChI=1S/C24H28O3/c1-23(2)11-12-24(3,4)20-15-21(27-5)17(14-19(20)23)13-18(22(25)26)16-9-7-6-8-10-16/h6-10,13-15H,11-12H2,1-5H3,(H,25,26). The molecule has 0 heterocycles. The molecule has 0 saturated carbocycles. The molecule has 0 aliphatic heterocycles. The van der Waals surface area contributed by atoms with Crippen LogP contribution in [0.5, 0.6) is 5.75 Å². The Bertz CT molecular complexity index is 889. The molecule has 1 N–H and O–H groups in total. The highest BCUT2D eigenvalue weighted by Gasteiger charge is 2.37. The topological polar surface area (TPSA) is 46.5 Å². The maximum atomic E-state index is 11.9. The number of rotatable bonds is 4. The van der Waals surface area contributed by atoms with Crippen molar-refractivity contribution in [3.05, 3.63) is 64.7 Å². The zero-order valence-corrected chi connectivity index (χ0v) is 16.8. The van der Waals surface area contributed by atoms with E-state index in [1.807, 2.05) is 30.3 Å². The molecule has 2 aromatic carbocycles. The number of fused-ring (bicyclic) bond motifs is 1. The van der Waals surface area contributed by atoms with Gasteiger partial charge in [0, 0.05) is 5.56 Å². The number of carbonyl (C=O) groups is 1. The Hall–Kier alpha value is -2.55. The number of carboxylic acids is 1. The second kappa shape index (κ2) is 6.88. The fourth-order valence-corrected chi connectivity index (χ4v) is 3.94. The highest BCUT2D eigenvalue weighted by Crippen LogP contribution is 2.48. The van der Waals surface area contributed by atoms with Crippen LogP contribution >= 0.6 is 0 Å². The average molecular weight is 364 g/mol. The summed E-state index contributed by atoms with van der Waals surface area (Å²) in [5.41, 5.74) is 4.47. The van der Waals surface area contributed by atoms with Gasteiger partial charge in [0.05, 0.1) is 12.7 Å². The van der Waals surface area contributed by atoms with Crippen LogP contribution in [0.2, 0.25) is 0 Å². The highest BCUT2D eigenvalue weighted by molar-refractivity contribution is 6.20. The van der Waals surface area contributed by atoms with Gasteiger partial charge in [0.15, 0.2) is 0 Å². The number of ether oxygens (including phenoxy) is 1. The van der Waals surface area contributed by atoms with Crippen molar-refractivity contribution in [2.24, 2.45) is 0 Å². The number of benzene rings is 2. The number of aliphatic carboxylic acids is 1. The van der Waals surface area contributed by atoms with Crippen molar-refractivity contribution in [2.75, 3.05) is 7.11 Å². The fraction of sp³-hybridized carbons (Fsp3) is 0.375. The summed E-state index contributed by atoms with van der Waals surface area (Å²) >= 11 is 0. The normalized spacial score (nSPS) is 17.9. The third-order valence-corrected chi connectivity index (χ3v) is 5.82. The monoisotopic (exact) mass is 364 g/mol. The van der Waals surface area contributed by atoms with Crippen LogP contribution in [-0.4, -0.2) is 18.2 Å². The lowest BCUT2D eigenvalue weighted by atomic mass is 9.63. The molecular weight excluding hydrogens is 336 g/mol. The number of methoxy groups -OCH3 is 1. The van der Waals surface area contributed by atoms with E-state index in [2.05, 4.69) is 39.8 Å². The van der Waals surface area contributed by atoms with Crippen molar-refractivity contribution in [3.63, 3.8) is 0 Å². The summed E-state index contributed by atoms with van der Waals surface area (Å²) in [5, 5.41) is 9.77. The molecule has 3 nitrogen and oxygen atoms in total. The first-order valence-corrected chi connectivity index (χ1v) is 9.39. The maximum absolute atomic E-state index is 11.9. The highest BCUT2D eigenvalue weighted by atomic mass is 16.5. The summed E-state index contributed by atoms with van der Waals surface area (Å²) in [6.07, 6.45) is 3.96. The lowest BCUT2D eigenvalue weighted by Crippen LogP contribution is -2.34. The van der Waals surface area contributed by atoms with Crippen molar-refractivity contribution in [2.45, 2.75) is 51.4 Å². The quantitative estimate of drug-likeness (QED) is 0.562. The minimum atomic E-state index is -0.944. The minimum absolute atomic E-state index is 0.0514. The van der Waals surface area contributed by atoms with Gasteiger partial charge in [-0.25, -0.2) is 4.79 Å². The Morgan fingerprint density at radius 2 is 1.56 bits per heavy atom. The number of carboxylic acid groups (broad SMARTS) is 1. The van der Waals surface area contributed by atoms with Crippen LogP contribution in [0.4, 0.5) is 0 Å². The van der Waals surface area contributed by atoms with Crippen molar-refractivity contribution >= 4 is 17.6 Å². The molecule has 0 aromatic heterocycles. The maximum Gasteiger partial charge on any atom is 0.336 e. The Labute approximate surface area is 161 Å². The van der Waals surface area contributed by atoms with Crippen LogP contribution in [0.25, 0.3) is 11.6 Å². The zero-order valence-electron chi connectivity index (χ0n) is 16.8. The molecule has 3 heteroatoms. The van der Waals surface area contributed by atoms with Crippen LogP contribution in [0.1, 0.15) is 62.8 Å². The van der Waals surface area contributed by atoms with E-state index in [0.717, 1.165) is 18.4 Å². The second-order valence-corrected chi connectivity index (χ2v) is 8.64. The van der Waals surface area contributed by atoms with Crippen molar-refractivity contribution in [1.82, 2.24) is 0 Å². The number of hydrogen-bond donors (Lipinski definition) is 1. The Balaban J connectivity index is 2.23. The van der Waals surface area contributed by atoms with E-state index in [1.54, 1.807) is 13.2 Å². The summed E-state index contributed by atoms with van der Waals surface area (Å²) in [6, 6.07) is 13.4. The van der Waals surface area contributed by atoms with Gasteiger partial charge in [-0.2, -0.15) is 0 Å². The first kappa shape index (κ1) is 19.2. The van der Waals surface area contributed by atoms with Gasteiger partial charge in [0.1, 0.15) is 5.75 Å². The summed E-state index contributed by atoms with van der Waals surface area (Å²) in [7, 11) is 1.64. The lowest BCUT2D eigenvalue weighted by Gasteiger charge is -2.42. The van der Waals surface area contributed by atoms with E-state index in [9.17, 15) is 9.90 Å². The summed E-state index contributed by atoms with van der Waals surface area (Å²) < 4.78 is 5.65. The largest absolute Gasteiger partial charge is 0.496 e. The van der Waals surface area contributed by atoms with E-state index >= 15 is 0 Å². The SMILES string of the molecule is COc1cc2c(cc1C=C(C(=O)O)c1ccccc1)C(C)(C)CCC2(C)C. The molecule has 1 aliphatic carbocycles. The van der Waals surface area contributed by atoms with E-state index in [0.29, 0.717) is 11.3 Å². The smallest absolute Gasteiger partial charge is 0.336 e. The van der Waals surface area contributed by atoms with E-state index in [4.69, 9.17) is 4.74 Å². The lowest BCUT2D eigenvalue weighted by molar-refractivity contribution is -0.130. The van der Waals surface area contributed by atoms with Gasteiger partial charge in [-0.05, 0) is 58.6 Å². The van der Waals surface area contributed by atoms with Crippen LogP contribution in [-0.2, 0) is 15.6 Å². The molecule has 2 aromatic rings. The average Bonchev–Trinajstić information content (AvgIpc) is 2.63. The van der Waals surface area contributed by atoms with Crippen LogP contribution in [0, 0.1) is 0 Å². The van der Waals surface area contributed by atoms with Gasteiger partial charge >= 0.3 is 5.97 Å². The van der Waals surface area contributed by atoms with Crippen LogP contribution in [0.3, 0.4) is 0 Å². The molecule has 3 rings (SSSR count). The predicted octanol–water partition coefficient (Wildman–Crippen LogP) is 5.67. The molecule has 0 unspecified atom stereocenters. The molecule has 0 saturated heterocycles. The van der Waals surface area contributed by atoms with Gasteiger partial charge in [-0.3, -0.25) is 0 Å². The molecule has 0 amide bonds. The summed E-state index contributed by atoms with van der Waals surface area (Å²) in [5.74, 6) is -0.227. The van der Waals surface area contributed by atoms with Crippen molar-refractivity contribution in [1.29, 1.82) is 0 Å². The van der Waals surface area contributed by atoms with E-state index < -0.39 is 5.97 Å². The summed E-state index contributed by atoms with van der Waals surface area (Å²) in [4.78, 5) is 11.9. The third-order valence-electron chi connectivity index (χ3n) is 5.82. The molecule has 0 spiro atoms.